The third kappa shape index (κ3) is 5.05. The Kier molecular flexibility index (Phi) is 7.15. The molecule has 0 unspecified atom stereocenters. The number of methoxy groups -OCH3 is 1. The Labute approximate surface area is 217 Å². The highest BCUT2D eigenvalue weighted by molar-refractivity contribution is 6.12. The first-order valence-corrected chi connectivity index (χ1v) is 12.9. The van der Waals surface area contributed by atoms with Crippen LogP contribution in [0.4, 0.5) is 5.82 Å². The molecule has 1 amide bonds. The van der Waals surface area contributed by atoms with Crippen molar-refractivity contribution >= 4 is 22.8 Å². The summed E-state index contributed by atoms with van der Waals surface area (Å²) in [5.74, 6) is 7.20. The molecule has 8 heteroatoms. The maximum Gasteiger partial charge on any atom is 0.255 e. The van der Waals surface area contributed by atoms with Gasteiger partial charge in [-0.25, -0.2) is 9.97 Å². The Bertz CT molecular complexity index is 1370. The van der Waals surface area contributed by atoms with Gasteiger partial charge in [0.2, 0.25) is 0 Å². The minimum Gasteiger partial charge on any atom is -0.383 e. The zero-order valence-electron chi connectivity index (χ0n) is 21.6. The third-order valence-electron chi connectivity index (χ3n) is 7.16. The number of allylic oxidation sites excluding steroid dienone is 1. The van der Waals surface area contributed by atoms with Gasteiger partial charge in [-0.05, 0) is 50.8 Å². The van der Waals surface area contributed by atoms with Crippen molar-refractivity contribution in [3.63, 3.8) is 0 Å². The number of nitrogens with zero attached hydrogens (tertiary/aromatic N) is 4. The SMILES string of the molecule is CC=CN1C[C@H](n2c(C#CC3CC3)c(C(=O)N[C@H](C)c3ccccc3)c3c(N)ncnc32)C[C@@H]1COC. The van der Waals surface area contributed by atoms with E-state index in [0.29, 0.717) is 34.8 Å². The highest BCUT2D eigenvalue weighted by Gasteiger charge is 2.36. The maximum absolute atomic E-state index is 13.9. The highest BCUT2D eigenvalue weighted by Crippen LogP contribution is 2.37. The molecule has 37 heavy (non-hydrogen) atoms. The topological polar surface area (TPSA) is 98.3 Å². The van der Waals surface area contributed by atoms with Gasteiger partial charge in [-0.15, -0.1) is 0 Å². The molecule has 3 atom stereocenters. The second kappa shape index (κ2) is 10.7. The van der Waals surface area contributed by atoms with Gasteiger partial charge < -0.3 is 25.3 Å². The van der Waals surface area contributed by atoms with Crippen LogP contribution in [0.25, 0.3) is 11.0 Å². The number of amides is 1. The van der Waals surface area contributed by atoms with Crippen LogP contribution in [0.5, 0.6) is 0 Å². The minimum absolute atomic E-state index is 0.0461. The van der Waals surface area contributed by atoms with Crippen LogP contribution in [-0.2, 0) is 4.74 Å². The lowest BCUT2D eigenvalue weighted by Crippen LogP contribution is -2.28. The van der Waals surface area contributed by atoms with Gasteiger partial charge in [0.15, 0.2) is 0 Å². The molecule has 192 valence electrons. The lowest BCUT2D eigenvalue weighted by molar-refractivity contribution is 0.0941. The zero-order chi connectivity index (χ0) is 25.9. The summed E-state index contributed by atoms with van der Waals surface area (Å²) in [5.41, 5.74) is 9.19. The molecule has 2 fully saturated rings. The molecular weight excluding hydrogens is 464 g/mol. The Balaban J connectivity index is 1.62. The number of nitrogens with one attached hydrogen (secondary N) is 1. The normalized spacial score (nSPS) is 20.2. The molecule has 3 aromatic rings. The van der Waals surface area contributed by atoms with Gasteiger partial charge >= 0.3 is 0 Å². The predicted octanol–water partition coefficient (Wildman–Crippen LogP) is 4.06. The van der Waals surface area contributed by atoms with E-state index in [1.807, 2.05) is 50.3 Å². The first kappa shape index (κ1) is 24.8. The molecular formula is C29H34N6O2. The predicted molar refractivity (Wildman–Crippen MR) is 145 cm³/mol. The van der Waals surface area contributed by atoms with Crippen LogP contribution < -0.4 is 11.1 Å². The van der Waals surface area contributed by atoms with E-state index in [-0.39, 0.29) is 29.9 Å². The molecule has 0 spiro atoms. The fraction of sp³-hybridized carbons (Fsp3) is 0.414. The number of hydrogen-bond donors (Lipinski definition) is 2. The van der Waals surface area contributed by atoms with Crippen LogP contribution in [0.3, 0.4) is 0 Å². The average molecular weight is 499 g/mol. The Hall–Kier alpha value is -3.83. The van der Waals surface area contributed by atoms with Gasteiger partial charge in [0.25, 0.3) is 5.91 Å². The summed E-state index contributed by atoms with van der Waals surface area (Å²) < 4.78 is 7.64. The quantitative estimate of drug-likeness (QED) is 0.477. The smallest absolute Gasteiger partial charge is 0.255 e. The van der Waals surface area contributed by atoms with Crippen LogP contribution in [0.15, 0.2) is 48.9 Å². The Morgan fingerprint density at radius 2 is 2.08 bits per heavy atom. The first-order valence-electron chi connectivity index (χ1n) is 12.9. The first-order chi connectivity index (χ1) is 18.0. The summed E-state index contributed by atoms with van der Waals surface area (Å²) in [4.78, 5) is 25.1. The lowest BCUT2D eigenvalue weighted by atomic mass is 10.1. The summed E-state index contributed by atoms with van der Waals surface area (Å²) in [6.07, 6.45) is 8.63. The lowest BCUT2D eigenvalue weighted by Gasteiger charge is -2.21. The van der Waals surface area contributed by atoms with Gasteiger partial charge in [-0.3, -0.25) is 4.79 Å². The number of carbonyl (C=O) groups excluding carboxylic acids is 1. The van der Waals surface area contributed by atoms with Crippen LogP contribution in [0.2, 0.25) is 0 Å². The molecule has 1 saturated heterocycles. The van der Waals surface area contributed by atoms with Crippen molar-refractivity contribution in [3.8, 4) is 11.8 Å². The molecule has 3 heterocycles. The number of aromatic nitrogens is 3. The number of carbonyl (C=O) groups is 1. The monoisotopic (exact) mass is 498 g/mol. The number of hydrogen-bond acceptors (Lipinski definition) is 6. The van der Waals surface area contributed by atoms with Gasteiger partial charge in [-0.2, -0.15) is 0 Å². The highest BCUT2D eigenvalue weighted by atomic mass is 16.5. The summed E-state index contributed by atoms with van der Waals surface area (Å²) in [6, 6.07) is 9.97. The van der Waals surface area contributed by atoms with E-state index in [1.54, 1.807) is 7.11 Å². The molecule has 8 nitrogen and oxygen atoms in total. The Morgan fingerprint density at radius 1 is 1.30 bits per heavy atom. The van der Waals surface area contributed by atoms with E-state index in [9.17, 15) is 4.79 Å². The van der Waals surface area contributed by atoms with Crippen molar-refractivity contribution in [1.29, 1.82) is 0 Å². The standard InChI is InChI=1S/C29H34N6O2/c1-4-14-34-16-22(15-23(34)17-37-3)35-24(13-12-20-10-11-20)25(26-27(30)31-18-32-28(26)35)29(36)33-19(2)21-8-6-5-7-9-21/h4-9,14,18-20,22-23H,10-11,15-17H2,1-3H3,(H,33,36)(H2,30,31,32)/t19-,22-,23-/m1/s1. The van der Waals surface area contributed by atoms with E-state index in [4.69, 9.17) is 10.5 Å². The number of rotatable bonds is 7. The molecule has 1 saturated carbocycles. The fourth-order valence-electron chi connectivity index (χ4n) is 5.18. The fourth-order valence-corrected chi connectivity index (χ4v) is 5.18. The van der Waals surface area contributed by atoms with E-state index >= 15 is 0 Å². The second-order valence-electron chi connectivity index (χ2n) is 9.88. The number of nitrogen functional groups attached to an aromatic ring is 1. The van der Waals surface area contributed by atoms with Crippen LogP contribution in [0.1, 0.15) is 66.8 Å². The minimum atomic E-state index is -0.224. The molecule has 5 rings (SSSR count). The summed E-state index contributed by atoms with van der Waals surface area (Å²) in [6.45, 7) is 5.36. The van der Waals surface area contributed by atoms with Crippen molar-refractivity contribution in [2.45, 2.75) is 51.2 Å². The summed E-state index contributed by atoms with van der Waals surface area (Å²) >= 11 is 0. The van der Waals surface area contributed by atoms with Gasteiger partial charge in [0.05, 0.1) is 35.7 Å². The molecule has 1 aliphatic carbocycles. The third-order valence-corrected chi connectivity index (χ3v) is 7.16. The Morgan fingerprint density at radius 3 is 2.78 bits per heavy atom. The molecule has 1 aromatic carbocycles. The number of fused-ring (bicyclic) bond motifs is 1. The van der Waals surface area contributed by atoms with Gasteiger partial charge in [0, 0.05) is 19.6 Å². The molecule has 2 aromatic heterocycles. The van der Waals surface area contributed by atoms with Crippen molar-refractivity contribution in [3.05, 3.63) is 65.8 Å². The van der Waals surface area contributed by atoms with E-state index in [1.165, 1.54) is 6.33 Å². The summed E-state index contributed by atoms with van der Waals surface area (Å²) in [5, 5.41) is 3.73. The van der Waals surface area contributed by atoms with Gasteiger partial charge in [-0.1, -0.05) is 42.3 Å². The average Bonchev–Trinajstić information content (AvgIpc) is 3.56. The number of nitrogens with two attached hydrogens (primary N) is 1. The molecule has 3 N–H and O–H groups in total. The molecule has 0 bridgehead atoms. The summed E-state index contributed by atoms with van der Waals surface area (Å²) in [7, 11) is 1.73. The van der Waals surface area contributed by atoms with E-state index in [0.717, 1.165) is 31.4 Å². The van der Waals surface area contributed by atoms with Crippen LogP contribution in [0, 0.1) is 17.8 Å². The second-order valence-corrected chi connectivity index (χ2v) is 9.88. The number of likely N-dealkylation sites (tertiary alicyclic amines) is 1. The molecule has 1 aliphatic heterocycles. The largest absolute Gasteiger partial charge is 0.383 e. The van der Waals surface area contributed by atoms with E-state index in [2.05, 4.69) is 42.8 Å². The zero-order valence-corrected chi connectivity index (χ0v) is 21.6. The van der Waals surface area contributed by atoms with Crippen molar-refractivity contribution in [1.82, 2.24) is 24.8 Å². The number of ether oxygens (including phenoxy) is 1. The van der Waals surface area contributed by atoms with Crippen molar-refractivity contribution in [2.75, 3.05) is 26.0 Å². The van der Waals surface area contributed by atoms with Crippen molar-refractivity contribution < 1.29 is 9.53 Å². The van der Waals surface area contributed by atoms with Crippen LogP contribution >= 0.6 is 0 Å². The number of anilines is 1. The van der Waals surface area contributed by atoms with E-state index < -0.39 is 0 Å². The molecule has 0 radical (unpaired) electrons. The van der Waals surface area contributed by atoms with Crippen LogP contribution in [-0.4, -0.2) is 51.6 Å². The van der Waals surface area contributed by atoms with Gasteiger partial charge in [0.1, 0.15) is 23.5 Å². The maximum atomic E-state index is 13.9. The number of benzene rings is 1. The molecule has 2 aliphatic rings. The van der Waals surface area contributed by atoms with Crippen molar-refractivity contribution in [2.24, 2.45) is 5.92 Å².